The van der Waals surface area contributed by atoms with Gasteiger partial charge in [0.25, 0.3) is 0 Å². The van der Waals surface area contributed by atoms with E-state index in [1.54, 1.807) is 0 Å². The van der Waals surface area contributed by atoms with Crippen LogP contribution < -0.4 is 0 Å². The molecule has 0 aliphatic heterocycles. The summed E-state index contributed by atoms with van der Waals surface area (Å²) in [6.07, 6.45) is -0.192. The van der Waals surface area contributed by atoms with Gasteiger partial charge in [-0.2, -0.15) is 0 Å². The van der Waals surface area contributed by atoms with Gasteiger partial charge in [-0.05, 0) is 11.1 Å². The molecule has 2 atom stereocenters. The van der Waals surface area contributed by atoms with Crippen molar-refractivity contribution in [1.82, 2.24) is 0 Å². The van der Waals surface area contributed by atoms with Crippen molar-refractivity contribution < 1.29 is 5.11 Å². The van der Waals surface area contributed by atoms with E-state index >= 15 is 0 Å². The minimum atomic E-state index is -0.192. The standard InChI is InChI=1S/C11H14O/c1-7-9-5-3-4-6-10(9)8(2)11(7)12/h3-8,11-12H,1-2H3/t7-,8-/m0/s1. The summed E-state index contributed by atoms with van der Waals surface area (Å²) >= 11 is 0. The third kappa shape index (κ3) is 0.896. The molecule has 1 aromatic rings. The van der Waals surface area contributed by atoms with E-state index in [0.29, 0.717) is 11.8 Å². The Kier molecular flexibility index (Phi) is 1.69. The maximum Gasteiger partial charge on any atom is 0.0672 e. The first-order chi connectivity index (χ1) is 5.72. The summed E-state index contributed by atoms with van der Waals surface area (Å²) in [5, 5.41) is 9.79. The minimum Gasteiger partial charge on any atom is -0.392 e. The zero-order valence-corrected chi connectivity index (χ0v) is 7.49. The molecule has 0 bridgehead atoms. The van der Waals surface area contributed by atoms with Crippen molar-refractivity contribution in [3.8, 4) is 0 Å². The number of rotatable bonds is 0. The van der Waals surface area contributed by atoms with Crippen LogP contribution in [0.15, 0.2) is 24.3 Å². The van der Waals surface area contributed by atoms with Gasteiger partial charge in [-0.3, -0.25) is 0 Å². The topological polar surface area (TPSA) is 20.2 Å². The lowest BCUT2D eigenvalue weighted by molar-refractivity contribution is 0.140. The van der Waals surface area contributed by atoms with Gasteiger partial charge in [0, 0.05) is 11.8 Å². The molecule has 0 amide bonds. The number of benzene rings is 1. The average Bonchev–Trinajstić information content (AvgIpc) is 2.33. The van der Waals surface area contributed by atoms with Gasteiger partial charge in [0.2, 0.25) is 0 Å². The molecule has 1 N–H and O–H groups in total. The van der Waals surface area contributed by atoms with E-state index in [2.05, 4.69) is 26.0 Å². The normalized spacial score (nSPS) is 28.9. The van der Waals surface area contributed by atoms with Crippen LogP contribution in [0.25, 0.3) is 0 Å². The van der Waals surface area contributed by atoms with E-state index in [9.17, 15) is 5.11 Å². The van der Waals surface area contributed by atoms with Gasteiger partial charge in [0.05, 0.1) is 6.10 Å². The molecule has 0 spiro atoms. The third-order valence-electron chi connectivity index (χ3n) is 3.00. The molecule has 0 heterocycles. The fourth-order valence-electron chi connectivity index (χ4n) is 2.14. The second-order valence-corrected chi connectivity index (χ2v) is 3.70. The van der Waals surface area contributed by atoms with Crippen molar-refractivity contribution >= 4 is 0 Å². The number of aliphatic hydroxyl groups is 1. The van der Waals surface area contributed by atoms with Crippen LogP contribution in [0.2, 0.25) is 0 Å². The van der Waals surface area contributed by atoms with Gasteiger partial charge in [0.15, 0.2) is 0 Å². The van der Waals surface area contributed by atoms with Gasteiger partial charge in [0.1, 0.15) is 0 Å². The van der Waals surface area contributed by atoms with Crippen molar-refractivity contribution in [3.63, 3.8) is 0 Å². The molecule has 0 unspecified atom stereocenters. The monoisotopic (exact) mass is 162 g/mol. The Labute approximate surface area is 73.0 Å². The zero-order valence-electron chi connectivity index (χ0n) is 7.49. The predicted molar refractivity (Wildman–Crippen MR) is 49.3 cm³/mol. The molecule has 12 heavy (non-hydrogen) atoms. The SMILES string of the molecule is C[C@H]1c2ccccc2[C@H](C)C1O. The van der Waals surface area contributed by atoms with Crippen molar-refractivity contribution in [1.29, 1.82) is 0 Å². The summed E-state index contributed by atoms with van der Waals surface area (Å²) in [6, 6.07) is 8.32. The van der Waals surface area contributed by atoms with E-state index in [-0.39, 0.29) is 6.10 Å². The maximum atomic E-state index is 9.79. The quantitative estimate of drug-likeness (QED) is 0.620. The molecule has 64 valence electrons. The zero-order chi connectivity index (χ0) is 8.72. The van der Waals surface area contributed by atoms with Crippen molar-refractivity contribution in [2.24, 2.45) is 0 Å². The molecule has 0 aromatic heterocycles. The fourth-order valence-corrected chi connectivity index (χ4v) is 2.14. The van der Waals surface area contributed by atoms with Gasteiger partial charge < -0.3 is 5.11 Å². The Bertz CT molecular complexity index is 264. The third-order valence-corrected chi connectivity index (χ3v) is 3.00. The highest BCUT2D eigenvalue weighted by atomic mass is 16.3. The summed E-state index contributed by atoms with van der Waals surface area (Å²) < 4.78 is 0. The van der Waals surface area contributed by atoms with Crippen LogP contribution in [0.3, 0.4) is 0 Å². The number of aliphatic hydroxyl groups excluding tert-OH is 1. The largest absolute Gasteiger partial charge is 0.392 e. The summed E-state index contributed by atoms with van der Waals surface area (Å²) in [7, 11) is 0. The van der Waals surface area contributed by atoms with E-state index in [0.717, 1.165) is 0 Å². The van der Waals surface area contributed by atoms with Crippen molar-refractivity contribution in [2.45, 2.75) is 31.8 Å². The fraction of sp³-hybridized carbons (Fsp3) is 0.455. The first-order valence-corrected chi connectivity index (χ1v) is 4.48. The van der Waals surface area contributed by atoms with E-state index in [4.69, 9.17) is 0 Å². The number of hydrogen-bond acceptors (Lipinski definition) is 1. The van der Waals surface area contributed by atoms with Gasteiger partial charge in [-0.15, -0.1) is 0 Å². The van der Waals surface area contributed by atoms with Crippen molar-refractivity contribution in [3.05, 3.63) is 35.4 Å². The highest BCUT2D eigenvalue weighted by Gasteiger charge is 2.33. The Morgan fingerprint density at radius 2 is 1.42 bits per heavy atom. The van der Waals surface area contributed by atoms with Crippen LogP contribution in [0.4, 0.5) is 0 Å². The maximum absolute atomic E-state index is 9.79. The molecule has 0 saturated heterocycles. The van der Waals surface area contributed by atoms with Crippen LogP contribution in [-0.4, -0.2) is 11.2 Å². The Morgan fingerprint density at radius 3 is 1.83 bits per heavy atom. The van der Waals surface area contributed by atoms with Crippen LogP contribution in [-0.2, 0) is 0 Å². The van der Waals surface area contributed by atoms with Crippen molar-refractivity contribution in [2.75, 3.05) is 0 Å². The summed E-state index contributed by atoms with van der Waals surface area (Å²) in [5.41, 5.74) is 2.63. The number of fused-ring (bicyclic) bond motifs is 1. The van der Waals surface area contributed by atoms with E-state index in [1.165, 1.54) is 11.1 Å². The molecule has 1 aliphatic carbocycles. The Balaban J connectivity index is 2.52. The predicted octanol–water partition coefficient (Wildman–Crippen LogP) is 2.27. The molecule has 0 radical (unpaired) electrons. The smallest absolute Gasteiger partial charge is 0.0672 e. The molecule has 0 saturated carbocycles. The Morgan fingerprint density at radius 1 is 1.00 bits per heavy atom. The molecule has 0 fully saturated rings. The van der Waals surface area contributed by atoms with Crippen LogP contribution in [0, 0.1) is 0 Å². The molecule has 2 rings (SSSR count). The summed E-state index contributed by atoms with van der Waals surface area (Å²) in [6.45, 7) is 4.18. The molecule has 1 nitrogen and oxygen atoms in total. The molecule has 1 aliphatic rings. The van der Waals surface area contributed by atoms with Gasteiger partial charge in [-0.1, -0.05) is 38.1 Å². The first kappa shape index (κ1) is 7.81. The van der Waals surface area contributed by atoms with E-state index in [1.807, 2.05) is 12.1 Å². The van der Waals surface area contributed by atoms with E-state index < -0.39 is 0 Å². The highest BCUT2D eigenvalue weighted by molar-refractivity contribution is 5.39. The lowest BCUT2D eigenvalue weighted by Gasteiger charge is -2.12. The first-order valence-electron chi connectivity index (χ1n) is 4.48. The number of hydrogen-bond donors (Lipinski definition) is 1. The van der Waals surface area contributed by atoms with Crippen LogP contribution in [0.5, 0.6) is 0 Å². The second-order valence-electron chi connectivity index (χ2n) is 3.70. The molecular formula is C11H14O. The lowest BCUT2D eigenvalue weighted by atomic mass is 10.0. The molecular weight excluding hydrogens is 148 g/mol. The van der Waals surface area contributed by atoms with Gasteiger partial charge in [-0.25, -0.2) is 0 Å². The van der Waals surface area contributed by atoms with Gasteiger partial charge >= 0.3 is 0 Å². The summed E-state index contributed by atoms with van der Waals surface area (Å²) in [5.74, 6) is 0.604. The van der Waals surface area contributed by atoms with Crippen LogP contribution >= 0.6 is 0 Å². The lowest BCUT2D eigenvalue weighted by Crippen LogP contribution is -2.13. The summed E-state index contributed by atoms with van der Waals surface area (Å²) in [4.78, 5) is 0. The Hall–Kier alpha value is -0.820. The molecule has 1 aromatic carbocycles. The average molecular weight is 162 g/mol. The minimum absolute atomic E-state index is 0.192. The highest BCUT2D eigenvalue weighted by Crippen LogP contribution is 2.40. The molecule has 1 heteroatoms. The van der Waals surface area contributed by atoms with Crippen LogP contribution in [0.1, 0.15) is 36.8 Å². The second kappa shape index (κ2) is 2.60.